The minimum atomic E-state index is -0.0945. The maximum Gasteiger partial charge on any atom is 0.254 e. The van der Waals surface area contributed by atoms with Crippen molar-refractivity contribution in [3.05, 3.63) is 42.0 Å². The second kappa shape index (κ2) is 6.48. The molecule has 0 radical (unpaired) electrons. The van der Waals surface area contributed by atoms with Crippen LogP contribution in [0.2, 0.25) is 0 Å². The van der Waals surface area contributed by atoms with E-state index in [-0.39, 0.29) is 11.9 Å². The van der Waals surface area contributed by atoms with Crippen LogP contribution in [-0.2, 0) is 7.05 Å². The summed E-state index contributed by atoms with van der Waals surface area (Å²) in [5.74, 6) is -0.0945. The van der Waals surface area contributed by atoms with Crippen molar-refractivity contribution in [2.75, 3.05) is 18.0 Å². The van der Waals surface area contributed by atoms with Crippen molar-refractivity contribution in [1.29, 1.82) is 5.26 Å². The maximum atomic E-state index is 12.2. The fourth-order valence-electron chi connectivity index (χ4n) is 2.78. The average Bonchev–Trinajstić information content (AvgIpc) is 3.02. The highest BCUT2D eigenvalue weighted by molar-refractivity contribution is 5.93. The number of carbonyl (C=O) groups excluding carboxylic acids is 1. The Labute approximate surface area is 134 Å². The van der Waals surface area contributed by atoms with Crippen LogP contribution >= 0.6 is 0 Å². The Morgan fingerprint density at radius 3 is 2.96 bits per heavy atom. The molecule has 23 heavy (non-hydrogen) atoms. The summed E-state index contributed by atoms with van der Waals surface area (Å²) in [6.45, 7) is 1.66. The fourth-order valence-corrected chi connectivity index (χ4v) is 2.78. The summed E-state index contributed by atoms with van der Waals surface area (Å²) in [5.41, 5.74) is 1.96. The van der Waals surface area contributed by atoms with E-state index in [1.165, 1.54) is 0 Å². The molecule has 0 aromatic carbocycles. The number of nitriles is 1. The standard InChI is InChI=1S/C16H18N6O/c1-21-10-12(8-19-21)16(23)20-14-3-2-6-22(11-14)15-5-4-13(7-17)18-9-15/h4-5,8-10,14H,2-3,6,11H2,1H3,(H,20,23). The van der Waals surface area contributed by atoms with Crippen molar-refractivity contribution in [2.45, 2.75) is 18.9 Å². The van der Waals surface area contributed by atoms with Gasteiger partial charge in [-0.2, -0.15) is 10.4 Å². The molecule has 2 aromatic heterocycles. The van der Waals surface area contributed by atoms with E-state index in [2.05, 4.69) is 20.3 Å². The Bertz CT molecular complexity index is 730. The first kappa shape index (κ1) is 15.0. The second-order valence-corrected chi connectivity index (χ2v) is 5.67. The van der Waals surface area contributed by atoms with Crippen LogP contribution in [0.4, 0.5) is 5.69 Å². The van der Waals surface area contributed by atoms with Gasteiger partial charge in [-0.05, 0) is 25.0 Å². The van der Waals surface area contributed by atoms with Crippen LogP contribution in [0.1, 0.15) is 28.9 Å². The summed E-state index contributed by atoms with van der Waals surface area (Å²) in [4.78, 5) is 18.5. The van der Waals surface area contributed by atoms with Crippen molar-refractivity contribution in [3.8, 4) is 6.07 Å². The first-order chi connectivity index (χ1) is 11.2. The van der Waals surface area contributed by atoms with E-state index in [0.717, 1.165) is 31.6 Å². The van der Waals surface area contributed by atoms with Gasteiger partial charge in [-0.15, -0.1) is 0 Å². The van der Waals surface area contributed by atoms with E-state index in [0.29, 0.717) is 11.3 Å². The van der Waals surface area contributed by atoms with Crippen molar-refractivity contribution >= 4 is 11.6 Å². The molecule has 1 aliphatic rings. The normalized spacial score (nSPS) is 17.6. The molecule has 1 aliphatic heterocycles. The lowest BCUT2D eigenvalue weighted by atomic mass is 10.0. The van der Waals surface area contributed by atoms with E-state index in [4.69, 9.17) is 5.26 Å². The number of piperidine rings is 1. The fraction of sp³-hybridized carbons (Fsp3) is 0.375. The van der Waals surface area contributed by atoms with E-state index in [1.54, 1.807) is 36.4 Å². The molecule has 7 nitrogen and oxygen atoms in total. The van der Waals surface area contributed by atoms with Gasteiger partial charge >= 0.3 is 0 Å². The molecule has 7 heteroatoms. The number of rotatable bonds is 3. The second-order valence-electron chi connectivity index (χ2n) is 5.67. The number of amides is 1. The largest absolute Gasteiger partial charge is 0.368 e. The Kier molecular flexibility index (Phi) is 4.24. The molecule has 0 aliphatic carbocycles. The lowest BCUT2D eigenvalue weighted by Gasteiger charge is -2.34. The Balaban J connectivity index is 1.63. The lowest BCUT2D eigenvalue weighted by Crippen LogP contribution is -2.47. The zero-order chi connectivity index (χ0) is 16.2. The van der Waals surface area contributed by atoms with E-state index in [9.17, 15) is 4.79 Å². The number of hydrogen-bond acceptors (Lipinski definition) is 5. The summed E-state index contributed by atoms with van der Waals surface area (Å²) in [7, 11) is 1.79. The smallest absolute Gasteiger partial charge is 0.254 e. The minimum Gasteiger partial charge on any atom is -0.368 e. The van der Waals surface area contributed by atoms with Gasteiger partial charge in [0, 0.05) is 32.4 Å². The first-order valence-electron chi connectivity index (χ1n) is 7.56. The number of carbonyl (C=O) groups is 1. The topological polar surface area (TPSA) is 86.8 Å². The summed E-state index contributed by atoms with van der Waals surface area (Å²) in [6, 6.07) is 5.72. The third kappa shape index (κ3) is 3.48. The van der Waals surface area contributed by atoms with Gasteiger partial charge in [0.15, 0.2) is 0 Å². The molecule has 0 bridgehead atoms. The van der Waals surface area contributed by atoms with Crippen LogP contribution < -0.4 is 10.2 Å². The van der Waals surface area contributed by atoms with Gasteiger partial charge in [0.2, 0.25) is 0 Å². The minimum absolute atomic E-state index is 0.0899. The number of hydrogen-bond donors (Lipinski definition) is 1. The highest BCUT2D eigenvalue weighted by Gasteiger charge is 2.22. The van der Waals surface area contributed by atoms with Gasteiger partial charge in [-0.25, -0.2) is 4.98 Å². The predicted octanol–water partition coefficient (Wildman–Crippen LogP) is 1.09. The van der Waals surface area contributed by atoms with Gasteiger partial charge in [-0.1, -0.05) is 0 Å². The van der Waals surface area contributed by atoms with E-state index < -0.39 is 0 Å². The summed E-state index contributed by atoms with van der Waals surface area (Å²) >= 11 is 0. The van der Waals surface area contributed by atoms with Crippen molar-refractivity contribution < 1.29 is 4.79 Å². The molecular formula is C16H18N6O. The third-order valence-electron chi connectivity index (χ3n) is 3.95. The van der Waals surface area contributed by atoms with Crippen LogP contribution in [-0.4, -0.2) is 39.8 Å². The van der Waals surface area contributed by atoms with Gasteiger partial charge in [0.25, 0.3) is 5.91 Å². The van der Waals surface area contributed by atoms with E-state index >= 15 is 0 Å². The molecule has 1 N–H and O–H groups in total. The first-order valence-corrected chi connectivity index (χ1v) is 7.56. The molecule has 0 spiro atoms. The molecule has 1 saturated heterocycles. The maximum absolute atomic E-state index is 12.2. The Morgan fingerprint density at radius 1 is 1.43 bits per heavy atom. The Morgan fingerprint density at radius 2 is 2.30 bits per heavy atom. The number of nitrogens with zero attached hydrogens (tertiary/aromatic N) is 5. The highest BCUT2D eigenvalue weighted by atomic mass is 16.1. The van der Waals surface area contributed by atoms with E-state index in [1.807, 2.05) is 12.1 Å². The molecule has 0 saturated carbocycles. The SMILES string of the molecule is Cn1cc(C(=O)NC2CCCN(c3ccc(C#N)nc3)C2)cn1. The monoisotopic (exact) mass is 310 g/mol. The third-order valence-corrected chi connectivity index (χ3v) is 3.95. The number of nitrogens with one attached hydrogen (secondary N) is 1. The number of anilines is 1. The molecule has 1 unspecified atom stereocenters. The van der Waals surface area contributed by atoms with Gasteiger partial charge < -0.3 is 10.2 Å². The van der Waals surface area contributed by atoms with Gasteiger partial charge in [-0.3, -0.25) is 9.48 Å². The van der Waals surface area contributed by atoms with Crippen LogP contribution in [0.15, 0.2) is 30.7 Å². The van der Waals surface area contributed by atoms with Crippen molar-refractivity contribution in [1.82, 2.24) is 20.1 Å². The molecule has 2 aromatic rings. The molecule has 1 fully saturated rings. The Hall–Kier alpha value is -2.88. The zero-order valence-electron chi connectivity index (χ0n) is 12.9. The average molecular weight is 310 g/mol. The molecule has 3 heterocycles. The summed E-state index contributed by atoms with van der Waals surface area (Å²) < 4.78 is 1.62. The number of aromatic nitrogens is 3. The molecule has 118 valence electrons. The molecule has 1 atom stereocenters. The molecule has 3 rings (SSSR count). The van der Waals surface area contributed by atoms with Crippen LogP contribution in [0, 0.1) is 11.3 Å². The lowest BCUT2D eigenvalue weighted by molar-refractivity contribution is 0.0933. The van der Waals surface area contributed by atoms with Crippen LogP contribution in [0.5, 0.6) is 0 Å². The number of aryl methyl sites for hydroxylation is 1. The highest BCUT2D eigenvalue weighted by Crippen LogP contribution is 2.19. The van der Waals surface area contributed by atoms with Crippen LogP contribution in [0.25, 0.3) is 0 Å². The molecular weight excluding hydrogens is 292 g/mol. The predicted molar refractivity (Wildman–Crippen MR) is 84.9 cm³/mol. The van der Waals surface area contributed by atoms with Crippen LogP contribution in [0.3, 0.4) is 0 Å². The quantitative estimate of drug-likeness (QED) is 0.917. The number of pyridine rings is 1. The summed E-state index contributed by atoms with van der Waals surface area (Å²) in [5, 5.41) is 15.9. The zero-order valence-corrected chi connectivity index (χ0v) is 12.9. The molecule has 1 amide bonds. The summed E-state index contributed by atoms with van der Waals surface area (Å²) in [6.07, 6.45) is 6.94. The van der Waals surface area contributed by atoms with Crippen molar-refractivity contribution in [2.24, 2.45) is 7.05 Å². The van der Waals surface area contributed by atoms with Gasteiger partial charge in [0.05, 0.1) is 23.6 Å². The van der Waals surface area contributed by atoms with Crippen molar-refractivity contribution in [3.63, 3.8) is 0 Å². The van der Waals surface area contributed by atoms with Gasteiger partial charge in [0.1, 0.15) is 11.8 Å².